The van der Waals surface area contributed by atoms with Gasteiger partial charge in [-0.2, -0.15) is 13.2 Å². The summed E-state index contributed by atoms with van der Waals surface area (Å²) in [5.41, 5.74) is 0. The maximum Gasteiger partial charge on any atom is 0.445 e. The molecule has 0 aromatic carbocycles. The van der Waals surface area contributed by atoms with Gasteiger partial charge in [0.25, 0.3) is 0 Å². The number of aliphatic hydroxyl groups is 1. The molecule has 0 saturated heterocycles. The Labute approximate surface area is 94.7 Å². The third-order valence-electron chi connectivity index (χ3n) is 1.87. The van der Waals surface area contributed by atoms with Crippen LogP contribution in [0, 0.1) is 0 Å². The summed E-state index contributed by atoms with van der Waals surface area (Å²) in [6.07, 6.45) is -4.46. The Morgan fingerprint density at radius 2 is 2.00 bits per heavy atom. The molecular weight excluding hydrogens is 243 g/mol. The van der Waals surface area contributed by atoms with Crippen LogP contribution in [0.2, 0.25) is 0 Å². The fourth-order valence-corrected chi connectivity index (χ4v) is 2.00. The van der Waals surface area contributed by atoms with Gasteiger partial charge in [0.1, 0.15) is 0 Å². The van der Waals surface area contributed by atoms with Gasteiger partial charge in [-0.25, -0.2) is 0 Å². The quantitative estimate of drug-likeness (QED) is 0.890. The van der Waals surface area contributed by atoms with Crippen LogP contribution in [0.4, 0.5) is 18.3 Å². The van der Waals surface area contributed by atoms with E-state index in [-0.39, 0.29) is 24.3 Å². The summed E-state index contributed by atoms with van der Waals surface area (Å²) in [7, 11) is 0. The predicted molar refractivity (Wildman–Crippen MR) is 54.5 cm³/mol. The van der Waals surface area contributed by atoms with Crippen molar-refractivity contribution >= 4 is 16.5 Å². The van der Waals surface area contributed by atoms with Gasteiger partial charge in [-0.15, -0.1) is 10.2 Å². The van der Waals surface area contributed by atoms with Gasteiger partial charge in [-0.3, -0.25) is 0 Å². The number of aromatic nitrogens is 2. The molecule has 8 heteroatoms. The molecule has 0 fully saturated rings. The first kappa shape index (κ1) is 13.2. The lowest BCUT2D eigenvalue weighted by Gasteiger charge is -2.24. The van der Waals surface area contributed by atoms with Crippen molar-refractivity contribution < 1.29 is 18.3 Å². The minimum atomic E-state index is -4.46. The van der Waals surface area contributed by atoms with E-state index in [4.69, 9.17) is 5.11 Å². The number of nitrogens with zero attached hydrogens (tertiary/aromatic N) is 3. The van der Waals surface area contributed by atoms with Gasteiger partial charge in [-0.05, 0) is 13.8 Å². The van der Waals surface area contributed by atoms with Crippen LogP contribution in [0.1, 0.15) is 18.9 Å². The predicted octanol–water partition coefficient (Wildman–Crippen LogP) is 1.76. The first-order chi connectivity index (χ1) is 7.36. The van der Waals surface area contributed by atoms with Gasteiger partial charge in [0, 0.05) is 12.6 Å². The van der Waals surface area contributed by atoms with Crippen LogP contribution in [-0.2, 0) is 6.18 Å². The number of hydrogen-bond acceptors (Lipinski definition) is 5. The fourth-order valence-electron chi connectivity index (χ4n) is 1.13. The topological polar surface area (TPSA) is 49.2 Å². The van der Waals surface area contributed by atoms with E-state index >= 15 is 0 Å². The molecule has 0 aliphatic rings. The Morgan fingerprint density at radius 3 is 2.38 bits per heavy atom. The maximum absolute atomic E-state index is 12.3. The lowest BCUT2D eigenvalue weighted by atomic mass is 10.3. The Balaban J connectivity index is 2.90. The second-order valence-electron chi connectivity index (χ2n) is 3.40. The smallest absolute Gasteiger partial charge is 0.395 e. The molecule has 0 atom stereocenters. The zero-order valence-electron chi connectivity index (χ0n) is 8.82. The number of rotatable bonds is 4. The van der Waals surface area contributed by atoms with E-state index in [1.807, 2.05) is 13.8 Å². The standard InChI is InChI=1S/C8H12F3N3OS/c1-5(2)14(3-4-15)7-13-12-6(16-7)8(9,10)11/h5,15H,3-4H2,1-2H3. The molecule has 0 aliphatic carbocycles. The number of hydrogen-bond donors (Lipinski definition) is 1. The molecule has 0 bridgehead atoms. The molecule has 0 amide bonds. The highest BCUT2D eigenvalue weighted by Crippen LogP contribution is 2.34. The van der Waals surface area contributed by atoms with E-state index in [1.54, 1.807) is 4.90 Å². The summed E-state index contributed by atoms with van der Waals surface area (Å²) in [6, 6.07) is -0.0406. The number of anilines is 1. The van der Waals surface area contributed by atoms with Crippen molar-refractivity contribution in [3.05, 3.63) is 5.01 Å². The Kier molecular flexibility index (Phi) is 4.09. The van der Waals surface area contributed by atoms with Gasteiger partial charge in [0.2, 0.25) is 10.1 Å². The first-order valence-corrected chi connectivity index (χ1v) is 5.46. The molecule has 16 heavy (non-hydrogen) atoms. The Morgan fingerprint density at radius 1 is 1.38 bits per heavy atom. The summed E-state index contributed by atoms with van der Waals surface area (Å²) in [5, 5.41) is 14.6. The van der Waals surface area contributed by atoms with E-state index < -0.39 is 11.2 Å². The second-order valence-corrected chi connectivity index (χ2v) is 4.35. The van der Waals surface area contributed by atoms with Gasteiger partial charge in [0.05, 0.1) is 6.61 Å². The number of alkyl halides is 3. The maximum atomic E-state index is 12.3. The monoisotopic (exact) mass is 255 g/mol. The summed E-state index contributed by atoms with van der Waals surface area (Å²) < 4.78 is 36.9. The largest absolute Gasteiger partial charge is 0.445 e. The van der Waals surface area contributed by atoms with Crippen molar-refractivity contribution in [2.75, 3.05) is 18.1 Å². The van der Waals surface area contributed by atoms with Crippen molar-refractivity contribution in [3.63, 3.8) is 0 Å². The van der Waals surface area contributed by atoms with Gasteiger partial charge in [0.15, 0.2) is 0 Å². The molecule has 1 N–H and O–H groups in total. The molecule has 1 aromatic heterocycles. The molecule has 1 aromatic rings. The summed E-state index contributed by atoms with van der Waals surface area (Å²) in [4.78, 5) is 1.58. The van der Waals surface area contributed by atoms with Crippen LogP contribution in [0.3, 0.4) is 0 Å². The van der Waals surface area contributed by atoms with E-state index in [0.29, 0.717) is 11.3 Å². The minimum absolute atomic E-state index is 0.0406. The molecule has 0 spiro atoms. The molecule has 0 aliphatic heterocycles. The summed E-state index contributed by atoms with van der Waals surface area (Å²) in [5.74, 6) is 0. The van der Waals surface area contributed by atoms with Crippen molar-refractivity contribution in [2.45, 2.75) is 26.1 Å². The molecular formula is C8H12F3N3OS. The third-order valence-corrected chi connectivity index (χ3v) is 2.87. The van der Waals surface area contributed by atoms with E-state index in [1.165, 1.54) is 0 Å². The lowest BCUT2D eigenvalue weighted by molar-refractivity contribution is -0.138. The fraction of sp³-hybridized carbons (Fsp3) is 0.750. The van der Waals surface area contributed by atoms with Crippen LogP contribution in [-0.4, -0.2) is 34.5 Å². The van der Waals surface area contributed by atoms with Crippen molar-refractivity contribution in [2.24, 2.45) is 0 Å². The Bertz CT molecular complexity index is 340. The lowest BCUT2D eigenvalue weighted by Crippen LogP contribution is -2.33. The zero-order valence-corrected chi connectivity index (χ0v) is 9.64. The Hall–Kier alpha value is -0.890. The highest BCUT2D eigenvalue weighted by molar-refractivity contribution is 7.15. The molecule has 0 saturated carbocycles. The molecule has 0 unspecified atom stereocenters. The number of halogens is 3. The van der Waals surface area contributed by atoms with Crippen molar-refractivity contribution in [1.82, 2.24) is 10.2 Å². The molecule has 1 rings (SSSR count). The first-order valence-electron chi connectivity index (χ1n) is 4.64. The van der Waals surface area contributed by atoms with Gasteiger partial charge < -0.3 is 10.0 Å². The average molecular weight is 255 g/mol. The molecule has 4 nitrogen and oxygen atoms in total. The van der Waals surface area contributed by atoms with Gasteiger partial charge in [-0.1, -0.05) is 11.3 Å². The highest BCUT2D eigenvalue weighted by atomic mass is 32.1. The van der Waals surface area contributed by atoms with Crippen molar-refractivity contribution in [1.29, 1.82) is 0 Å². The SMILES string of the molecule is CC(C)N(CCO)c1nnc(C(F)(F)F)s1. The summed E-state index contributed by atoms with van der Waals surface area (Å²) >= 11 is 0.484. The van der Waals surface area contributed by atoms with Crippen LogP contribution in [0.5, 0.6) is 0 Å². The molecule has 92 valence electrons. The molecule has 0 radical (unpaired) electrons. The highest BCUT2D eigenvalue weighted by Gasteiger charge is 2.36. The minimum Gasteiger partial charge on any atom is -0.395 e. The van der Waals surface area contributed by atoms with Gasteiger partial charge >= 0.3 is 6.18 Å². The van der Waals surface area contributed by atoms with Crippen LogP contribution in [0.15, 0.2) is 0 Å². The van der Waals surface area contributed by atoms with Crippen LogP contribution >= 0.6 is 11.3 Å². The number of aliphatic hydroxyl groups excluding tert-OH is 1. The normalized spacial score (nSPS) is 12.2. The van der Waals surface area contributed by atoms with Crippen LogP contribution < -0.4 is 4.90 Å². The zero-order chi connectivity index (χ0) is 12.3. The van der Waals surface area contributed by atoms with E-state index in [0.717, 1.165) is 0 Å². The van der Waals surface area contributed by atoms with E-state index in [9.17, 15) is 13.2 Å². The molecule has 1 heterocycles. The third kappa shape index (κ3) is 3.05. The van der Waals surface area contributed by atoms with Crippen LogP contribution in [0.25, 0.3) is 0 Å². The van der Waals surface area contributed by atoms with Crippen molar-refractivity contribution in [3.8, 4) is 0 Å². The summed E-state index contributed by atoms with van der Waals surface area (Å²) in [6.45, 7) is 3.72. The average Bonchev–Trinajstić information content (AvgIpc) is 2.61. The van der Waals surface area contributed by atoms with E-state index in [2.05, 4.69) is 10.2 Å². The second kappa shape index (κ2) is 4.96.